The molecule has 11 heteroatoms. The molecular formula is C32H38N8O3. The Morgan fingerprint density at radius 1 is 1.16 bits per heavy atom. The fourth-order valence-corrected chi connectivity index (χ4v) is 5.42. The van der Waals surface area contributed by atoms with Gasteiger partial charge in [-0.2, -0.15) is 0 Å². The molecule has 3 heterocycles. The van der Waals surface area contributed by atoms with Crippen LogP contribution in [0.2, 0.25) is 0 Å². The molecule has 5 rings (SSSR count). The maximum atomic E-state index is 12.9. The summed E-state index contributed by atoms with van der Waals surface area (Å²) in [5.74, 6) is 0.212. The van der Waals surface area contributed by atoms with Crippen molar-refractivity contribution in [2.75, 3.05) is 63.9 Å². The number of ether oxygens (including phenoxy) is 1. The van der Waals surface area contributed by atoms with Crippen LogP contribution >= 0.6 is 0 Å². The minimum Gasteiger partial charge on any atom is -0.494 e. The van der Waals surface area contributed by atoms with Gasteiger partial charge in [-0.05, 0) is 44.6 Å². The Bertz CT molecular complexity index is 1690. The summed E-state index contributed by atoms with van der Waals surface area (Å²) in [6, 6.07) is 9.93. The summed E-state index contributed by atoms with van der Waals surface area (Å²) in [6.07, 6.45) is 6.92. The van der Waals surface area contributed by atoms with Crippen molar-refractivity contribution in [1.29, 1.82) is 0 Å². The lowest BCUT2D eigenvalue weighted by atomic mass is 10.0. The molecule has 0 bridgehead atoms. The first-order chi connectivity index (χ1) is 20.7. The van der Waals surface area contributed by atoms with Gasteiger partial charge in [-0.3, -0.25) is 9.59 Å². The molecule has 1 aliphatic heterocycles. The first kappa shape index (κ1) is 29.6. The predicted octanol–water partition coefficient (Wildman–Crippen LogP) is 4.28. The second-order valence-electron chi connectivity index (χ2n) is 10.8. The van der Waals surface area contributed by atoms with Crippen LogP contribution in [0.1, 0.15) is 22.3 Å². The van der Waals surface area contributed by atoms with Gasteiger partial charge in [-0.1, -0.05) is 24.8 Å². The second-order valence-corrected chi connectivity index (χ2v) is 10.8. The molecule has 2 aromatic heterocycles. The summed E-state index contributed by atoms with van der Waals surface area (Å²) in [7, 11) is 9.15. The highest BCUT2D eigenvalue weighted by Crippen LogP contribution is 2.39. The molecule has 0 aliphatic carbocycles. The van der Waals surface area contributed by atoms with Crippen LogP contribution in [0, 0.1) is 0 Å². The van der Waals surface area contributed by atoms with E-state index in [4.69, 9.17) is 9.72 Å². The van der Waals surface area contributed by atoms with E-state index in [2.05, 4.69) is 61.4 Å². The Kier molecular flexibility index (Phi) is 8.63. The predicted molar refractivity (Wildman–Crippen MR) is 172 cm³/mol. The highest BCUT2D eigenvalue weighted by atomic mass is 16.5. The van der Waals surface area contributed by atoms with E-state index in [1.807, 2.05) is 32.1 Å². The largest absolute Gasteiger partial charge is 0.494 e. The van der Waals surface area contributed by atoms with Crippen molar-refractivity contribution in [3.63, 3.8) is 0 Å². The van der Waals surface area contributed by atoms with E-state index in [-0.39, 0.29) is 17.8 Å². The number of likely N-dealkylation sites (N-methyl/N-ethyl adjacent to an activating group) is 2. The zero-order valence-corrected chi connectivity index (χ0v) is 25.3. The molecule has 1 aliphatic rings. The lowest BCUT2D eigenvalue weighted by Crippen LogP contribution is -2.29. The number of nitrogens with zero attached hydrogens (tertiary/aromatic N) is 5. The third-order valence-electron chi connectivity index (χ3n) is 7.64. The smallest absolute Gasteiger partial charge is 0.254 e. The summed E-state index contributed by atoms with van der Waals surface area (Å²) < 4.78 is 8.00. The van der Waals surface area contributed by atoms with Crippen molar-refractivity contribution in [2.45, 2.75) is 19.4 Å². The van der Waals surface area contributed by atoms with Crippen LogP contribution in [0.3, 0.4) is 0 Å². The monoisotopic (exact) mass is 582 g/mol. The number of hydrogen-bond donors (Lipinski definition) is 3. The minimum absolute atomic E-state index is 0.273. The van der Waals surface area contributed by atoms with Crippen molar-refractivity contribution in [1.82, 2.24) is 24.8 Å². The number of nitrogens with one attached hydrogen (secondary N) is 3. The number of carbonyl (C=O) groups excluding carboxylic acids is 2. The van der Waals surface area contributed by atoms with E-state index in [0.29, 0.717) is 28.4 Å². The molecule has 3 N–H and O–H groups in total. The lowest BCUT2D eigenvalue weighted by Gasteiger charge is -2.26. The normalized spacial score (nSPS) is 12.2. The average molecular weight is 583 g/mol. The molecule has 11 nitrogen and oxygen atoms in total. The van der Waals surface area contributed by atoms with E-state index in [0.717, 1.165) is 49.1 Å². The Morgan fingerprint density at radius 2 is 1.98 bits per heavy atom. The highest BCUT2D eigenvalue weighted by molar-refractivity contribution is 6.05. The topological polar surface area (TPSA) is 117 Å². The SMILES string of the molecule is C=CC(=O)Nc1cc(Nc2ncc(C(=O)NC)c(-c3cn4c5c(cccc35)CCC4)n2)c(OC)cc1N(C)CCN(C)C. The molecule has 43 heavy (non-hydrogen) atoms. The van der Waals surface area contributed by atoms with E-state index in [9.17, 15) is 9.59 Å². The Balaban J connectivity index is 1.59. The zero-order valence-electron chi connectivity index (χ0n) is 25.3. The van der Waals surface area contributed by atoms with Gasteiger partial charge in [0.05, 0.1) is 40.9 Å². The number of amides is 2. The number of methoxy groups -OCH3 is 1. The second kappa shape index (κ2) is 12.5. The number of rotatable bonds is 11. The van der Waals surface area contributed by atoms with Crippen LogP contribution in [-0.4, -0.2) is 79.6 Å². The molecule has 0 saturated carbocycles. The summed E-state index contributed by atoms with van der Waals surface area (Å²) in [5, 5.41) is 9.94. The van der Waals surface area contributed by atoms with Crippen LogP contribution in [0.25, 0.3) is 22.2 Å². The molecular weight excluding hydrogens is 544 g/mol. The van der Waals surface area contributed by atoms with Crippen molar-refractivity contribution < 1.29 is 14.3 Å². The molecule has 4 aromatic rings. The van der Waals surface area contributed by atoms with Gasteiger partial charge in [-0.15, -0.1) is 0 Å². The first-order valence-electron chi connectivity index (χ1n) is 14.2. The lowest BCUT2D eigenvalue weighted by molar-refractivity contribution is -0.111. The Labute approximate surface area is 251 Å². The zero-order chi connectivity index (χ0) is 30.7. The third-order valence-corrected chi connectivity index (χ3v) is 7.64. The standard InChI is InChI=1S/C32H38N8O3/c1-7-28(41)35-24-16-25(27(43-6)17-26(24)39(5)15-14-38(3)4)36-32-34-18-22(31(42)33-2)29(37-32)23-19-40-13-9-11-20-10-8-12-21(23)30(20)40/h7-8,10,12,16-19H,1,9,11,13-15H2,2-6H3,(H,33,42)(H,35,41)(H,34,36,37). The van der Waals surface area contributed by atoms with Crippen molar-refractivity contribution >= 4 is 45.7 Å². The number of benzene rings is 2. The fourth-order valence-electron chi connectivity index (χ4n) is 5.42. The van der Waals surface area contributed by atoms with Crippen LogP contribution < -0.4 is 25.6 Å². The fraction of sp³-hybridized carbons (Fsp3) is 0.312. The van der Waals surface area contributed by atoms with E-state index < -0.39 is 0 Å². The van der Waals surface area contributed by atoms with Crippen LogP contribution in [0.5, 0.6) is 5.75 Å². The van der Waals surface area contributed by atoms with Crippen molar-refractivity contribution in [2.24, 2.45) is 0 Å². The third kappa shape index (κ3) is 6.02. The number of aryl methyl sites for hydroxylation is 2. The number of para-hydroxylation sites is 1. The molecule has 0 spiro atoms. The van der Waals surface area contributed by atoms with Crippen LogP contribution in [-0.2, 0) is 17.8 Å². The summed E-state index contributed by atoms with van der Waals surface area (Å²) in [6.45, 7) is 6.05. The van der Waals surface area contributed by atoms with Crippen LogP contribution in [0.4, 0.5) is 23.0 Å². The van der Waals surface area contributed by atoms with Gasteiger partial charge in [0.15, 0.2) is 0 Å². The van der Waals surface area contributed by atoms with Gasteiger partial charge >= 0.3 is 0 Å². The number of hydrogen-bond acceptors (Lipinski definition) is 8. The Hall–Kier alpha value is -4.90. The number of anilines is 4. The minimum atomic E-state index is -0.333. The van der Waals surface area contributed by atoms with Crippen LogP contribution in [0.15, 0.2) is 55.4 Å². The molecule has 0 saturated heterocycles. The average Bonchev–Trinajstić information content (AvgIpc) is 3.39. The number of aromatic nitrogens is 3. The molecule has 2 aromatic carbocycles. The van der Waals surface area contributed by atoms with Gasteiger partial charge < -0.3 is 35.1 Å². The molecule has 0 unspecified atom stereocenters. The van der Waals surface area contributed by atoms with Crippen molar-refractivity contribution in [3.05, 3.63) is 66.5 Å². The molecule has 0 radical (unpaired) electrons. The van der Waals surface area contributed by atoms with Gasteiger partial charge in [0.25, 0.3) is 5.91 Å². The van der Waals surface area contributed by atoms with Gasteiger partial charge in [0, 0.05) is 63.1 Å². The van der Waals surface area contributed by atoms with E-state index in [1.54, 1.807) is 20.2 Å². The maximum Gasteiger partial charge on any atom is 0.254 e. The maximum absolute atomic E-state index is 12.9. The van der Waals surface area contributed by atoms with Gasteiger partial charge in [0.2, 0.25) is 11.9 Å². The Morgan fingerprint density at radius 3 is 2.70 bits per heavy atom. The van der Waals surface area contributed by atoms with Gasteiger partial charge in [-0.25, -0.2) is 9.97 Å². The molecule has 0 fully saturated rings. The molecule has 224 valence electrons. The van der Waals surface area contributed by atoms with E-state index >= 15 is 0 Å². The number of carbonyl (C=O) groups is 2. The molecule has 2 amide bonds. The first-order valence-corrected chi connectivity index (χ1v) is 14.2. The van der Waals surface area contributed by atoms with Crippen molar-refractivity contribution in [3.8, 4) is 17.0 Å². The highest BCUT2D eigenvalue weighted by Gasteiger charge is 2.23. The summed E-state index contributed by atoms with van der Waals surface area (Å²) >= 11 is 0. The summed E-state index contributed by atoms with van der Waals surface area (Å²) in [5.41, 5.74) is 6.14. The van der Waals surface area contributed by atoms with Gasteiger partial charge in [0.1, 0.15) is 5.75 Å². The molecule has 0 atom stereocenters. The summed E-state index contributed by atoms with van der Waals surface area (Å²) in [4.78, 5) is 38.8. The van der Waals surface area contributed by atoms with E-state index in [1.165, 1.54) is 23.4 Å². The quantitative estimate of drug-likeness (QED) is 0.225.